The lowest BCUT2D eigenvalue weighted by atomic mass is 10.1. The van der Waals surface area contributed by atoms with Crippen LogP contribution in [-0.2, 0) is 14.3 Å². The molecule has 0 saturated carbocycles. The van der Waals surface area contributed by atoms with Crippen molar-refractivity contribution in [1.82, 2.24) is 4.90 Å². The number of hydrogen-bond donors (Lipinski definition) is 2. The van der Waals surface area contributed by atoms with Crippen LogP contribution in [0.5, 0.6) is 0 Å². The van der Waals surface area contributed by atoms with E-state index in [0.717, 1.165) is 12.8 Å². The molecule has 0 aromatic carbocycles. The van der Waals surface area contributed by atoms with E-state index in [2.05, 4.69) is 6.92 Å². The van der Waals surface area contributed by atoms with Crippen molar-refractivity contribution in [3.8, 4) is 0 Å². The summed E-state index contributed by atoms with van der Waals surface area (Å²) >= 11 is 0. The first-order chi connectivity index (χ1) is 11.1. The van der Waals surface area contributed by atoms with Crippen LogP contribution in [0.25, 0.3) is 0 Å². The van der Waals surface area contributed by atoms with Gasteiger partial charge in [0.25, 0.3) is 0 Å². The van der Waals surface area contributed by atoms with Crippen LogP contribution in [0.4, 0.5) is 0 Å². The maximum absolute atomic E-state index is 12.2. The number of hydrogen-bond acceptors (Lipinski definition) is 4. The van der Waals surface area contributed by atoms with Gasteiger partial charge in [0.1, 0.15) is 0 Å². The molecule has 0 rings (SSSR count). The Morgan fingerprint density at radius 3 is 2.26 bits per heavy atom. The maximum Gasteiger partial charge on any atom is 0.303 e. The predicted molar refractivity (Wildman–Crippen MR) is 89.3 cm³/mol. The third-order valence-corrected chi connectivity index (χ3v) is 3.66. The standard InChI is InChI=1S/C17H33NO5/c1-2-3-4-5-6-7-11-18(12-14-23-15-13-19)16(20)9-8-10-17(21)22/h19H,2-15H2,1H3,(H,21,22). The van der Waals surface area contributed by atoms with Gasteiger partial charge in [-0.25, -0.2) is 0 Å². The van der Waals surface area contributed by atoms with E-state index >= 15 is 0 Å². The van der Waals surface area contributed by atoms with Crippen LogP contribution in [0.15, 0.2) is 0 Å². The van der Waals surface area contributed by atoms with E-state index in [9.17, 15) is 9.59 Å². The second-order valence-corrected chi connectivity index (χ2v) is 5.73. The van der Waals surface area contributed by atoms with Crippen LogP contribution in [0.1, 0.15) is 64.7 Å². The topological polar surface area (TPSA) is 87.1 Å². The molecule has 0 unspecified atom stereocenters. The van der Waals surface area contributed by atoms with Gasteiger partial charge in [-0.15, -0.1) is 0 Å². The van der Waals surface area contributed by atoms with Crippen LogP contribution in [0, 0.1) is 0 Å². The number of nitrogens with zero attached hydrogens (tertiary/aromatic N) is 1. The number of unbranched alkanes of at least 4 members (excludes halogenated alkanes) is 5. The Morgan fingerprint density at radius 2 is 1.61 bits per heavy atom. The molecule has 0 bridgehead atoms. The normalized spacial score (nSPS) is 10.7. The van der Waals surface area contributed by atoms with Crippen molar-refractivity contribution in [3.05, 3.63) is 0 Å². The van der Waals surface area contributed by atoms with Crippen molar-refractivity contribution in [1.29, 1.82) is 0 Å². The smallest absolute Gasteiger partial charge is 0.303 e. The Labute approximate surface area is 139 Å². The molecule has 0 aliphatic rings. The minimum atomic E-state index is -0.869. The number of aliphatic hydroxyl groups is 1. The summed E-state index contributed by atoms with van der Waals surface area (Å²) in [4.78, 5) is 24.5. The minimum Gasteiger partial charge on any atom is -0.481 e. The lowest BCUT2D eigenvalue weighted by Crippen LogP contribution is -2.35. The van der Waals surface area contributed by atoms with Crippen molar-refractivity contribution in [2.24, 2.45) is 0 Å². The van der Waals surface area contributed by atoms with E-state index in [4.69, 9.17) is 14.9 Å². The summed E-state index contributed by atoms with van der Waals surface area (Å²) in [5.74, 6) is -0.876. The first-order valence-electron chi connectivity index (χ1n) is 8.80. The van der Waals surface area contributed by atoms with Crippen molar-refractivity contribution in [2.75, 3.05) is 32.9 Å². The molecule has 0 spiro atoms. The number of carbonyl (C=O) groups is 2. The van der Waals surface area contributed by atoms with Crippen LogP contribution in [-0.4, -0.2) is 59.9 Å². The number of rotatable bonds is 16. The van der Waals surface area contributed by atoms with Crippen LogP contribution < -0.4 is 0 Å². The quantitative estimate of drug-likeness (QED) is 0.424. The Balaban J connectivity index is 4.05. The van der Waals surface area contributed by atoms with E-state index < -0.39 is 5.97 Å². The largest absolute Gasteiger partial charge is 0.481 e. The van der Waals surface area contributed by atoms with Gasteiger partial charge in [-0.1, -0.05) is 39.0 Å². The van der Waals surface area contributed by atoms with Gasteiger partial charge in [-0.05, 0) is 12.8 Å². The van der Waals surface area contributed by atoms with E-state index in [1.165, 1.54) is 25.7 Å². The van der Waals surface area contributed by atoms with Gasteiger partial charge in [0.2, 0.25) is 5.91 Å². The van der Waals surface area contributed by atoms with E-state index in [1.807, 2.05) is 0 Å². The highest BCUT2D eigenvalue weighted by atomic mass is 16.5. The van der Waals surface area contributed by atoms with Crippen LogP contribution >= 0.6 is 0 Å². The molecule has 6 nitrogen and oxygen atoms in total. The fourth-order valence-electron chi connectivity index (χ4n) is 2.33. The monoisotopic (exact) mass is 331 g/mol. The highest BCUT2D eigenvalue weighted by Gasteiger charge is 2.13. The van der Waals surface area contributed by atoms with Crippen LogP contribution in [0.2, 0.25) is 0 Å². The average molecular weight is 331 g/mol. The summed E-state index contributed by atoms with van der Waals surface area (Å²) in [7, 11) is 0. The van der Waals surface area contributed by atoms with E-state index in [1.54, 1.807) is 4.90 Å². The molecule has 0 saturated heterocycles. The molecular formula is C17H33NO5. The summed E-state index contributed by atoms with van der Waals surface area (Å²) in [5.41, 5.74) is 0. The maximum atomic E-state index is 12.2. The van der Waals surface area contributed by atoms with Crippen LogP contribution in [0.3, 0.4) is 0 Å². The van der Waals surface area contributed by atoms with Crippen molar-refractivity contribution < 1.29 is 24.5 Å². The zero-order chi connectivity index (χ0) is 17.3. The van der Waals surface area contributed by atoms with Gasteiger partial charge in [-0.2, -0.15) is 0 Å². The summed E-state index contributed by atoms with van der Waals surface area (Å²) in [6, 6.07) is 0. The number of carboxylic acid groups (broad SMARTS) is 1. The van der Waals surface area contributed by atoms with Crippen molar-refractivity contribution in [3.63, 3.8) is 0 Å². The zero-order valence-electron chi connectivity index (χ0n) is 14.5. The van der Waals surface area contributed by atoms with Gasteiger partial charge in [0.15, 0.2) is 0 Å². The molecule has 0 aromatic rings. The summed E-state index contributed by atoms with van der Waals surface area (Å²) in [6.07, 6.45) is 7.64. The fraction of sp³-hybridized carbons (Fsp3) is 0.882. The Kier molecular flexibility index (Phi) is 15.0. The fourth-order valence-corrected chi connectivity index (χ4v) is 2.33. The minimum absolute atomic E-state index is 0.00703. The van der Waals surface area contributed by atoms with Crippen molar-refractivity contribution in [2.45, 2.75) is 64.7 Å². The molecule has 23 heavy (non-hydrogen) atoms. The van der Waals surface area contributed by atoms with Gasteiger partial charge >= 0.3 is 5.97 Å². The molecule has 2 N–H and O–H groups in total. The van der Waals surface area contributed by atoms with E-state index in [0.29, 0.717) is 26.1 Å². The zero-order valence-corrected chi connectivity index (χ0v) is 14.5. The van der Waals surface area contributed by atoms with Gasteiger partial charge in [-0.3, -0.25) is 9.59 Å². The first kappa shape index (κ1) is 21.9. The number of aliphatic hydroxyl groups excluding tert-OH is 1. The number of carbonyl (C=O) groups excluding carboxylic acids is 1. The molecule has 0 radical (unpaired) electrons. The molecule has 0 aliphatic heterocycles. The highest BCUT2D eigenvalue weighted by Crippen LogP contribution is 2.08. The molecule has 0 aromatic heterocycles. The summed E-state index contributed by atoms with van der Waals surface area (Å²) < 4.78 is 5.23. The molecule has 0 aliphatic carbocycles. The second-order valence-electron chi connectivity index (χ2n) is 5.73. The van der Waals surface area contributed by atoms with Gasteiger partial charge in [0, 0.05) is 25.9 Å². The Bertz CT molecular complexity index is 309. The molecule has 1 amide bonds. The number of amides is 1. The predicted octanol–water partition coefficient (Wildman–Crippen LogP) is 2.44. The molecule has 6 heteroatoms. The number of ether oxygens (including phenoxy) is 1. The van der Waals surface area contributed by atoms with Gasteiger partial charge in [0.05, 0.1) is 19.8 Å². The molecule has 0 atom stereocenters. The molecule has 0 heterocycles. The molecule has 0 fully saturated rings. The first-order valence-corrected chi connectivity index (χ1v) is 8.80. The third-order valence-electron chi connectivity index (χ3n) is 3.66. The lowest BCUT2D eigenvalue weighted by Gasteiger charge is -2.22. The molecular weight excluding hydrogens is 298 g/mol. The lowest BCUT2D eigenvalue weighted by molar-refractivity contribution is -0.137. The third kappa shape index (κ3) is 14.2. The summed E-state index contributed by atoms with van der Waals surface area (Å²) in [5, 5.41) is 17.3. The Hall–Kier alpha value is -1.14. The SMILES string of the molecule is CCCCCCCCN(CCOCCO)C(=O)CCCC(=O)O. The van der Waals surface area contributed by atoms with Crippen molar-refractivity contribution >= 4 is 11.9 Å². The number of carboxylic acids is 1. The average Bonchev–Trinajstić information content (AvgIpc) is 2.52. The second kappa shape index (κ2) is 15.7. The number of aliphatic carboxylic acids is 1. The summed E-state index contributed by atoms with van der Waals surface area (Å²) in [6.45, 7) is 4.04. The van der Waals surface area contributed by atoms with E-state index in [-0.39, 0.29) is 32.0 Å². The Morgan fingerprint density at radius 1 is 0.913 bits per heavy atom. The highest BCUT2D eigenvalue weighted by molar-refractivity contribution is 5.77. The van der Waals surface area contributed by atoms with Gasteiger partial charge < -0.3 is 19.8 Å². The molecule has 136 valence electrons.